The van der Waals surface area contributed by atoms with Gasteiger partial charge in [-0.15, -0.1) is 10.2 Å². The first-order chi connectivity index (χ1) is 31.2. The van der Waals surface area contributed by atoms with Crippen LogP contribution in [0.5, 0.6) is 0 Å². The molecule has 3 aliphatic heterocycles. The first-order valence-corrected chi connectivity index (χ1v) is 23.4. The molecule has 16 heteroatoms. The van der Waals surface area contributed by atoms with Gasteiger partial charge in [0.05, 0.1) is 11.5 Å². The summed E-state index contributed by atoms with van der Waals surface area (Å²) in [7, 11) is 0. The van der Waals surface area contributed by atoms with Gasteiger partial charge in [-0.25, -0.2) is 9.98 Å². The van der Waals surface area contributed by atoms with Crippen LogP contribution in [0.1, 0.15) is 106 Å². The number of rotatable bonds is 4. The molecule has 6 amide bonds. The summed E-state index contributed by atoms with van der Waals surface area (Å²) in [5, 5.41) is 11.5. The fourth-order valence-electron chi connectivity index (χ4n) is 9.03. The van der Waals surface area contributed by atoms with Crippen LogP contribution in [-0.2, 0) is 9.59 Å². The summed E-state index contributed by atoms with van der Waals surface area (Å²) >= 11 is 1.89. The molecule has 64 heavy (non-hydrogen) atoms. The third kappa shape index (κ3) is 8.00. The normalized spacial score (nSPS) is 21.4. The van der Waals surface area contributed by atoms with Gasteiger partial charge in [-0.1, -0.05) is 135 Å². The zero-order valence-electron chi connectivity index (χ0n) is 34.9. The smallest absolute Gasteiger partial charge is 0.273 e. The van der Waals surface area contributed by atoms with Gasteiger partial charge in [0.1, 0.15) is 11.1 Å². The molecule has 5 aliphatic rings. The van der Waals surface area contributed by atoms with E-state index < -0.39 is 46.2 Å². The van der Waals surface area contributed by atoms with Gasteiger partial charge in [0.2, 0.25) is 0 Å². The van der Waals surface area contributed by atoms with E-state index in [1.807, 2.05) is 0 Å². The molecule has 0 aromatic heterocycles. The maximum absolute atomic E-state index is 14.8. The molecule has 0 radical (unpaired) electrons. The van der Waals surface area contributed by atoms with Gasteiger partial charge in [-0.2, -0.15) is 10.0 Å². The molecule has 4 aromatic rings. The van der Waals surface area contributed by atoms with Gasteiger partial charge < -0.3 is 0 Å². The molecule has 9 rings (SSSR count). The number of imide groups is 2. The first kappa shape index (κ1) is 42.8. The molecular formula is C48H44N8O6S2. The van der Waals surface area contributed by atoms with E-state index in [1.165, 1.54) is 0 Å². The number of hydrogen-bond acceptors (Lipinski definition) is 12. The molecule has 0 saturated heterocycles. The van der Waals surface area contributed by atoms with E-state index in [0.717, 1.165) is 46.4 Å². The van der Waals surface area contributed by atoms with Crippen molar-refractivity contribution in [1.29, 1.82) is 0 Å². The third-order valence-electron chi connectivity index (χ3n) is 12.2. The van der Waals surface area contributed by atoms with Crippen molar-refractivity contribution in [2.24, 2.45) is 20.2 Å². The average molecular weight is 893 g/mol. The number of nitrogens with zero attached hydrogens (tertiary/aromatic N) is 8. The Morgan fingerprint density at radius 3 is 1.03 bits per heavy atom. The van der Waals surface area contributed by atoms with E-state index in [-0.39, 0.29) is 44.9 Å². The number of fused-ring (bicyclic) bond motifs is 4. The van der Waals surface area contributed by atoms with Crippen LogP contribution >= 0.6 is 23.5 Å². The van der Waals surface area contributed by atoms with Crippen molar-refractivity contribution in [3.05, 3.63) is 144 Å². The fourth-order valence-corrected chi connectivity index (χ4v) is 10.9. The minimum atomic E-state index is -1.18. The van der Waals surface area contributed by atoms with Crippen LogP contribution in [0.3, 0.4) is 0 Å². The number of hydrazone groups is 2. The molecule has 2 aliphatic carbocycles. The highest BCUT2D eigenvalue weighted by atomic mass is 32.2. The van der Waals surface area contributed by atoms with Crippen molar-refractivity contribution >= 4 is 81.0 Å². The van der Waals surface area contributed by atoms with Gasteiger partial charge >= 0.3 is 0 Å². The van der Waals surface area contributed by atoms with Crippen LogP contribution in [0.25, 0.3) is 0 Å². The summed E-state index contributed by atoms with van der Waals surface area (Å²) in [5.74, 6) is -4.24. The summed E-state index contributed by atoms with van der Waals surface area (Å²) in [6, 6.07) is 34.1. The number of thioether (sulfide) groups is 2. The average Bonchev–Trinajstić information content (AvgIpc) is 3.80. The Balaban J connectivity index is 1.22. The first-order valence-electron chi connectivity index (χ1n) is 21.5. The Bertz CT molecular complexity index is 2430. The number of hydrogen-bond donors (Lipinski definition) is 0. The highest BCUT2D eigenvalue weighted by molar-refractivity contribution is 8.14. The van der Waals surface area contributed by atoms with Crippen LogP contribution < -0.4 is 0 Å². The van der Waals surface area contributed by atoms with Crippen molar-refractivity contribution in [3.8, 4) is 0 Å². The zero-order chi connectivity index (χ0) is 44.3. The molecule has 2 spiro atoms. The van der Waals surface area contributed by atoms with Gasteiger partial charge in [0, 0.05) is 22.3 Å². The lowest BCUT2D eigenvalue weighted by Gasteiger charge is -2.41. The predicted octanol–water partition coefficient (Wildman–Crippen LogP) is 7.86. The maximum Gasteiger partial charge on any atom is 0.281 e. The van der Waals surface area contributed by atoms with E-state index in [4.69, 9.17) is 20.2 Å². The van der Waals surface area contributed by atoms with Crippen molar-refractivity contribution in [1.82, 2.24) is 19.8 Å². The SMILES string of the molecule is O=C1CSC2=N/C(=N/N(C(=O)c3ccccc3)C(=O)CSC3=N/C(=N\N1C(=O)c1ccccc1)C1(CCCCC1)N3C(=O)c1ccccc1)C1(CCCCC1)N2C(=O)c1ccccc1. The Labute approximate surface area is 378 Å². The molecule has 4 aromatic carbocycles. The maximum atomic E-state index is 14.8. The second kappa shape index (κ2) is 18.3. The van der Waals surface area contributed by atoms with Crippen LogP contribution in [-0.4, -0.2) is 99.9 Å². The summed E-state index contributed by atoms with van der Waals surface area (Å²) in [6.45, 7) is 0. The Morgan fingerprint density at radius 1 is 0.422 bits per heavy atom. The number of aliphatic imine (C=N–C) groups is 2. The number of amidine groups is 4. The van der Waals surface area contributed by atoms with Crippen LogP contribution in [0.15, 0.2) is 142 Å². The van der Waals surface area contributed by atoms with Crippen molar-refractivity contribution in [2.75, 3.05) is 11.5 Å². The van der Waals surface area contributed by atoms with E-state index in [0.29, 0.717) is 62.5 Å². The van der Waals surface area contributed by atoms with Gasteiger partial charge in [0.15, 0.2) is 22.0 Å². The quantitative estimate of drug-likeness (QED) is 0.187. The summed E-state index contributed by atoms with van der Waals surface area (Å²) in [6.07, 6.45) is 6.23. The fraction of sp³-hybridized carbons (Fsp3) is 0.292. The molecule has 14 nitrogen and oxygen atoms in total. The lowest BCUT2D eigenvalue weighted by atomic mass is 9.79. The molecule has 0 unspecified atom stereocenters. The summed E-state index contributed by atoms with van der Waals surface area (Å²) in [5.41, 5.74) is -1.20. The topological polar surface area (TPSA) is 165 Å². The molecule has 2 saturated carbocycles. The molecule has 324 valence electrons. The Morgan fingerprint density at radius 2 is 0.719 bits per heavy atom. The van der Waals surface area contributed by atoms with E-state index in [1.54, 1.807) is 131 Å². The molecular weight excluding hydrogens is 849 g/mol. The highest BCUT2D eigenvalue weighted by Crippen LogP contribution is 2.45. The van der Waals surface area contributed by atoms with E-state index in [9.17, 15) is 28.8 Å². The summed E-state index contributed by atoms with van der Waals surface area (Å²) < 4.78 is 0. The van der Waals surface area contributed by atoms with E-state index in [2.05, 4.69) is 0 Å². The third-order valence-corrected chi connectivity index (χ3v) is 14.1. The predicted molar refractivity (Wildman–Crippen MR) is 247 cm³/mol. The number of amides is 6. The molecule has 4 bridgehead atoms. The largest absolute Gasteiger partial charge is 0.281 e. The zero-order valence-corrected chi connectivity index (χ0v) is 36.5. The molecule has 3 heterocycles. The van der Waals surface area contributed by atoms with Gasteiger partial charge in [-0.05, 0) is 74.2 Å². The number of carbonyl (C=O) groups excluding carboxylic acids is 6. The van der Waals surface area contributed by atoms with Crippen LogP contribution in [0, 0.1) is 0 Å². The minimum Gasteiger partial charge on any atom is -0.273 e. The van der Waals surface area contributed by atoms with Gasteiger partial charge in [0.25, 0.3) is 35.4 Å². The van der Waals surface area contributed by atoms with Crippen molar-refractivity contribution in [3.63, 3.8) is 0 Å². The second-order valence-corrected chi connectivity index (χ2v) is 18.0. The summed E-state index contributed by atoms with van der Waals surface area (Å²) in [4.78, 5) is 101. The molecule has 0 atom stereocenters. The van der Waals surface area contributed by atoms with Crippen molar-refractivity contribution < 1.29 is 28.8 Å². The second-order valence-electron chi connectivity index (χ2n) is 16.2. The monoisotopic (exact) mass is 892 g/mol. The number of carbonyl (C=O) groups is 6. The highest BCUT2D eigenvalue weighted by Gasteiger charge is 2.55. The lowest BCUT2D eigenvalue weighted by Crippen LogP contribution is -2.56. The number of benzene rings is 4. The van der Waals surface area contributed by atoms with Crippen LogP contribution in [0.2, 0.25) is 0 Å². The lowest BCUT2D eigenvalue weighted by molar-refractivity contribution is -0.126. The Kier molecular flexibility index (Phi) is 12.2. The minimum absolute atomic E-state index is 0.0823. The Hall–Kier alpha value is -6.52. The van der Waals surface area contributed by atoms with Crippen LogP contribution in [0.4, 0.5) is 0 Å². The van der Waals surface area contributed by atoms with Crippen molar-refractivity contribution in [2.45, 2.75) is 75.3 Å². The van der Waals surface area contributed by atoms with E-state index >= 15 is 0 Å². The van der Waals surface area contributed by atoms with Gasteiger partial charge in [-0.3, -0.25) is 38.6 Å². The molecule has 2 fully saturated rings. The molecule has 0 N–H and O–H groups in total. The standard InChI is InChI=1S/C48H44N8O6S2/c57-37-31-63-45-49-43(47(27-15-5-16-28-47)53(45)39(59)33-19-7-1-8-20-33)51-55(41(61)35-23-11-3-12-24-35)38(58)32-64-46-50-44(52-56(37)42(62)36-25-13-4-14-26-36)48(29-17-6-18-30-48)54(46)40(60)34-21-9-2-10-22-34/h1-4,7-14,19-26H,5-6,15-18,27-32H2/b51-43-,52-44+.